The fourth-order valence-corrected chi connectivity index (χ4v) is 2.86. The first-order valence-electron chi connectivity index (χ1n) is 3.92. The third-order valence-electron chi connectivity index (χ3n) is 1.89. The smallest absolute Gasteiger partial charge is 0.281 e. The van der Waals surface area contributed by atoms with Crippen molar-refractivity contribution in [3.8, 4) is 0 Å². The van der Waals surface area contributed by atoms with Crippen LogP contribution in [0.1, 0.15) is 5.56 Å². The van der Waals surface area contributed by atoms with Crippen LogP contribution in [0.5, 0.6) is 0 Å². The largest absolute Gasteiger partial charge is 0.372 e. The summed E-state index contributed by atoms with van der Waals surface area (Å²) in [6.07, 6.45) is 0.0473. The average Bonchev–Trinajstić information content (AvgIpc) is 2.63. The van der Waals surface area contributed by atoms with Crippen molar-refractivity contribution >= 4 is 28.3 Å². The van der Waals surface area contributed by atoms with Gasteiger partial charge in [0, 0.05) is 0 Å². The molecule has 1 aromatic rings. The van der Waals surface area contributed by atoms with Gasteiger partial charge in [-0.3, -0.25) is 4.79 Å². The van der Waals surface area contributed by atoms with Crippen LogP contribution in [-0.4, -0.2) is 21.8 Å². The van der Waals surface area contributed by atoms with Crippen LogP contribution in [0.25, 0.3) is 0 Å². The number of rotatable bonds is 2. The van der Waals surface area contributed by atoms with Gasteiger partial charge in [-0.1, -0.05) is 11.8 Å². The Kier molecular flexibility index (Phi) is 2.57. The van der Waals surface area contributed by atoms with Gasteiger partial charge in [0.2, 0.25) is 0 Å². The molecule has 2 unspecified atom stereocenters. The van der Waals surface area contributed by atoms with E-state index in [1.165, 1.54) is 17.3 Å². The lowest BCUT2D eigenvalue weighted by Crippen LogP contribution is -2.31. The second kappa shape index (κ2) is 3.69. The first-order chi connectivity index (χ1) is 6.25. The fourth-order valence-electron chi connectivity index (χ4n) is 1.24. The summed E-state index contributed by atoms with van der Waals surface area (Å²) in [6, 6.07) is 2.01. The molecule has 2 heterocycles. The van der Waals surface area contributed by atoms with Gasteiger partial charge in [-0.05, 0) is 28.8 Å². The van der Waals surface area contributed by atoms with Gasteiger partial charge in [0.15, 0.2) is 0 Å². The Morgan fingerprint density at radius 3 is 3.00 bits per heavy atom. The number of thiophene rings is 1. The molecule has 0 aromatic carbocycles. The lowest BCUT2D eigenvalue weighted by atomic mass is 10.2. The zero-order chi connectivity index (χ0) is 9.26. The summed E-state index contributed by atoms with van der Waals surface area (Å²) in [5, 5.41) is 15.7. The van der Waals surface area contributed by atoms with Gasteiger partial charge in [0.1, 0.15) is 6.23 Å². The van der Waals surface area contributed by atoms with E-state index in [0.29, 0.717) is 0 Å². The summed E-state index contributed by atoms with van der Waals surface area (Å²) < 4.78 is 0. The predicted octanol–water partition coefficient (Wildman–Crippen LogP) is 1.43. The molecule has 2 atom stereocenters. The zero-order valence-electron chi connectivity index (χ0n) is 6.77. The Hall–Kier alpha value is -0.520. The van der Waals surface area contributed by atoms with E-state index in [1.54, 1.807) is 11.3 Å². The molecule has 0 aliphatic carbocycles. The molecule has 0 bridgehead atoms. The van der Waals surface area contributed by atoms with Gasteiger partial charge in [-0.15, -0.1) is 0 Å². The van der Waals surface area contributed by atoms with Gasteiger partial charge in [-0.2, -0.15) is 11.3 Å². The van der Waals surface area contributed by atoms with Crippen LogP contribution in [0.3, 0.4) is 0 Å². The number of thioether (sulfide) groups is 1. The first kappa shape index (κ1) is 9.05. The second-order valence-corrected chi connectivity index (χ2v) is 4.86. The van der Waals surface area contributed by atoms with Crippen LogP contribution in [0.4, 0.5) is 4.79 Å². The van der Waals surface area contributed by atoms with E-state index in [2.05, 4.69) is 5.32 Å². The van der Waals surface area contributed by atoms with E-state index in [4.69, 9.17) is 0 Å². The summed E-state index contributed by atoms with van der Waals surface area (Å²) in [5.41, 5.74) is 1.18. The van der Waals surface area contributed by atoms with E-state index in [1.807, 2.05) is 16.8 Å². The van der Waals surface area contributed by atoms with E-state index < -0.39 is 6.23 Å². The summed E-state index contributed by atoms with van der Waals surface area (Å²) in [7, 11) is 0. The third-order valence-corrected chi connectivity index (χ3v) is 3.68. The normalized spacial score (nSPS) is 27.6. The molecule has 2 N–H and O–H groups in total. The molecule has 1 aliphatic heterocycles. The predicted molar refractivity (Wildman–Crippen MR) is 53.9 cm³/mol. The lowest BCUT2D eigenvalue weighted by molar-refractivity contribution is 0.152. The highest BCUT2D eigenvalue weighted by Gasteiger charge is 2.31. The topological polar surface area (TPSA) is 49.3 Å². The number of hydrogen-bond acceptors (Lipinski definition) is 4. The summed E-state index contributed by atoms with van der Waals surface area (Å²) >= 11 is 2.81. The van der Waals surface area contributed by atoms with Crippen molar-refractivity contribution < 1.29 is 9.90 Å². The molecule has 13 heavy (non-hydrogen) atoms. The quantitative estimate of drug-likeness (QED) is 0.784. The highest BCUT2D eigenvalue weighted by Crippen LogP contribution is 2.25. The van der Waals surface area contributed by atoms with Crippen LogP contribution >= 0.6 is 23.1 Å². The van der Waals surface area contributed by atoms with Crippen molar-refractivity contribution in [2.24, 2.45) is 0 Å². The van der Waals surface area contributed by atoms with Gasteiger partial charge in [0.05, 0.1) is 5.25 Å². The standard InChI is InChI=1S/C8H9NO2S2/c10-7-6(13-8(11)9-7)3-5-1-2-12-4-5/h1-2,4,6-7,10H,3H2,(H,9,11). The molecular formula is C8H9NO2S2. The fraction of sp³-hybridized carbons (Fsp3) is 0.375. The summed E-state index contributed by atoms with van der Waals surface area (Å²) in [4.78, 5) is 10.9. The monoisotopic (exact) mass is 215 g/mol. The van der Waals surface area contributed by atoms with E-state index in [0.717, 1.165) is 6.42 Å². The molecule has 5 heteroatoms. The lowest BCUT2D eigenvalue weighted by Gasteiger charge is -2.09. The molecule has 1 fully saturated rings. The molecule has 70 valence electrons. The van der Waals surface area contributed by atoms with Crippen LogP contribution in [0.2, 0.25) is 0 Å². The molecule has 2 rings (SSSR count). The SMILES string of the molecule is O=C1NC(O)C(Cc2ccsc2)S1. The third kappa shape index (κ3) is 2.04. The van der Waals surface area contributed by atoms with Gasteiger partial charge < -0.3 is 10.4 Å². The van der Waals surface area contributed by atoms with Gasteiger partial charge in [-0.25, -0.2) is 0 Å². The van der Waals surface area contributed by atoms with Crippen LogP contribution in [0, 0.1) is 0 Å². The van der Waals surface area contributed by atoms with Gasteiger partial charge in [0.25, 0.3) is 5.24 Å². The maximum Gasteiger partial charge on any atom is 0.281 e. The Balaban J connectivity index is 1.99. The van der Waals surface area contributed by atoms with Crippen LogP contribution in [-0.2, 0) is 6.42 Å². The van der Waals surface area contributed by atoms with Gasteiger partial charge >= 0.3 is 0 Å². The second-order valence-electron chi connectivity index (χ2n) is 2.87. The van der Waals surface area contributed by atoms with Crippen molar-refractivity contribution in [3.63, 3.8) is 0 Å². The minimum Gasteiger partial charge on any atom is -0.372 e. The minimum atomic E-state index is -0.697. The zero-order valence-corrected chi connectivity index (χ0v) is 8.40. The molecular weight excluding hydrogens is 206 g/mol. The van der Waals surface area contributed by atoms with Crippen molar-refractivity contribution in [2.75, 3.05) is 0 Å². The van der Waals surface area contributed by atoms with Crippen molar-refractivity contribution in [3.05, 3.63) is 22.4 Å². The molecule has 1 saturated heterocycles. The van der Waals surface area contributed by atoms with Crippen molar-refractivity contribution in [1.82, 2.24) is 5.32 Å². The number of aliphatic hydroxyl groups excluding tert-OH is 1. The molecule has 1 aromatic heterocycles. The number of carbonyl (C=O) groups is 1. The number of carbonyl (C=O) groups excluding carboxylic acids is 1. The highest BCUT2D eigenvalue weighted by molar-refractivity contribution is 8.14. The molecule has 0 spiro atoms. The van der Waals surface area contributed by atoms with E-state index in [9.17, 15) is 9.90 Å². The maximum absolute atomic E-state index is 10.9. The first-order valence-corrected chi connectivity index (χ1v) is 5.74. The minimum absolute atomic E-state index is 0.0397. The molecule has 1 aliphatic rings. The Morgan fingerprint density at radius 1 is 1.62 bits per heavy atom. The number of nitrogens with one attached hydrogen (secondary N) is 1. The highest BCUT2D eigenvalue weighted by atomic mass is 32.2. The molecule has 3 nitrogen and oxygen atoms in total. The van der Waals surface area contributed by atoms with Crippen LogP contribution in [0.15, 0.2) is 16.8 Å². The number of amides is 1. The maximum atomic E-state index is 10.9. The Bertz CT molecular complexity index is 299. The number of hydrogen-bond donors (Lipinski definition) is 2. The van der Waals surface area contributed by atoms with Crippen molar-refractivity contribution in [1.29, 1.82) is 0 Å². The Labute approximate surface area is 84.2 Å². The van der Waals surface area contributed by atoms with Crippen LogP contribution < -0.4 is 5.32 Å². The average molecular weight is 215 g/mol. The molecule has 0 saturated carbocycles. The molecule has 1 amide bonds. The molecule has 0 radical (unpaired) electrons. The van der Waals surface area contributed by atoms with Crippen molar-refractivity contribution in [2.45, 2.75) is 17.9 Å². The summed E-state index contributed by atoms with van der Waals surface area (Å²) in [5.74, 6) is 0. The summed E-state index contributed by atoms with van der Waals surface area (Å²) in [6.45, 7) is 0. The number of aliphatic hydroxyl groups is 1. The van der Waals surface area contributed by atoms with E-state index >= 15 is 0 Å². The Morgan fingerprint density at radius 2 is 2.46 bits per heavy atom. The van der Waals surface area contributed by atoms with E-state index in [-0.39, 0.29) is 10.5 Å².